The molecule has 0 atom stereocenters. The standard InChI is InChI=1S/C25H19NO6/c1-16-7-10-20(17(2)13-16)26-15-18-8-9-19(31-24(27)21-5-3-11-29-21)14-23(18)32-25(28)22-6-4-12-30-22/h3-15H,1-2H3. The molecule has 0 fully saturated rings. The van der Waals surface area contributed by atoms with Gasteiger partial charge in [0.05, 0.1) is 18.2 Å². The van der Waals surface area contributed by atoms with E-state index in [0.717, 1.165) is 16.8 Å². The van der Waals surface area contributed by atoms with Crippen molar-refractivity contribution in [1.82, 2.24) is 0 Å². The van der Waals surface area contributed by atoms with Gasteiger partial charge in [-0.1, -0.05) is 17.7 Å². The number of aryl methyl sites for hydroxylation is 2. The molecular formula is C25H19NO6. The van der Waals surface area contributed by atoms with Gasteiger partial charge in [0.15, 0.2) is 0 Å². The number of ether oxygens (including phenoxy) is 2. The summed E-state index contributed by atoms with van der Waals surface area (Å²) in [5, 5.41) is 0. The van der Waals surface area contributed by atoms with E-state index in [1.807, 2.05) is 32.0 Å². The summed E-state index contributed by atoms with van der Waals surface area (Å²) in [5.74, 6) is -0.928. The zero-order valence-corrected chi connectivity index (χ0v) is 17.4. The summed E-state index contributed by atoms with van der Waals surface area (Å²) >= 11 is 0. The number of esters is 2. The highest BCUT2D eigenvalue weighted by atomic mass is 16.6. The Morgan fingerprint density at radius 3 is 2.16 bits per heavy atom. The first kappa shape index (κ1) is 20.9. The van der Waals surface area contributed by atoms with Crippen LogP contribution in [0.1, 0.15) is 37.8 Å². The van der Waals surface area contributed by atoms with Crippen molar-refractivity contribution in [3.8, 4) is 11.5 Å². The molecule has 0 aliphatic rings. The van der Waals surface area contributed by atoms with E-state index in [0.29, 0.717) is 5.56 Å². The van der Waals surface area contributed by atoms with E-state index in [4.69, 9.17) is 18.3 Å². The molecule has 0 aliphatic carbocycles. The second-order valence-electron chi connectivity index (χ2n) is 6.98. The van der Waals surface area contributed by atoms with E-state index in [9.17, 15) is 9.59 Å². The molecule has 0 bridgehead atoms. The van der Waals surface area contributed by atoms with Crippen molar-refractivity contribution in [3.63, 3.8) is 0 Å². The van der Waals surface area contributed by atoms with Crippen molar-refractivity contribution in [1.29, 1.82) is 0 Å². The third-order valence-electron chi connectivity index (χ3n) is 4.54. The molecule has 0 radical (unpaired) electrons. The molecule has 160 valence electrons. The first-order chi connectivity index (χ1) is 15.5. The van der Waals surface area contributed by atoms with E-state index in [2.05, 4.69) is 4.99 Å². The van der Waals surface area contributed by atoms with Crippen LogP contribution in [0.15, 0.2) is 87.0 Å². The van der Waals surface area contributed by atoms with Crippen LogP contribution in [0.25, 0.3) is 0 Å². The van der Waals surface area contributed by atoms with Crippen molar-refractivity contribution in [3.05, 3.63) is 101 Å². The minimum absolute atomic E-state index is 0.0419. The van der Waals surface area contributed by atoms with Gasteiger partial charge >= 0.3 is 11.9 Å². The summed E-state index contributed by atoms with van der Waals surface area (Å²) in [6.07, 6.45) is 4.33. The highest BCUT2D eigenvalue weighted by molar-refractivity contribution is 5.92. The number of carbonyl (C=O) groups is 2. The zero-order chi connectivity index (χ0) is 22.5. The summed E-state index contributed by atoms with van der Waals surface area (Å²) in [7, 11) is 0. The van der Waals surface area contributed by atoms with E-state index >= 15 is 0 Å². The highest BCUT2D eigenvalue weighted by Crippen LogP contribution is 2.27. The van der Waals surface area contributed by atoms with E-state index in [-0.39, 0.29) is 23.0 Å². The summed E-state index contributed by atoms with van der Waals surface area (Å²) in [6, 6.07) is 16.7. The minimum atomic E-state index is -0.689. The van der Waals surface area contributed by atoms with Gasteiger partial charge in [-0.3, -0.25) is 4.99 Å². The Morgan fingerprint density at radius 1 is 0.844 bits per heavy atom. The average molecular weight is 429 g/mol. The molecule has 0 saturated heterocycles. The summed E-state index contributed by atoms with van der Waals surface area (Å²) in [4.78, 5) is 29.1. The Kier molecular flexibility index (Phi) is 5.98. The van der Waals surface area contributed by atoms with Crippen LogP contribution in [0.2, 0.25) is 0 Å². The Morgan fingerprint density at radius 2 is 1.53 bits per heavy atom. The van der Waals surface area contributed by atoms with Crippen LogP contribution >= 0.6 is 0 Å². The van der Waals surface area contributed by atoms with Gasteiger partial charge in [0.2, 0.25) is 11.5 Å². The maximum absolute atomic E-state index is 12.4. The fourth-order valence-corrected chi connectivity index (χ4v) is 2.96. The van der Waals surface area contributed by atoms with E-state index < -0.39 is 11.9 Å². The van der Waals surface area contributed by atoms with Crippen LogP contribution in [0.5, 0.6) is 11.5 Å². The molecule has 0 spiro atoms. The van der Waals surface area contributed by atoms with Gasteiger partial charge in [0, 0.05) is 17.8 Å². The van der Waals surface area contributed by atoms with Gasteiger partial charge in [-0.25, -0.2) is 9.59 Å². The predicted octanol–water partition coefficient (Wildman–Crippen LogP) is 5.68. The zero-order valence-electron chi connectivity index (χ0n) is 17.4. The fraction of sp³-hybridized carbons (Fsp3) is 0.0800. The molecular weight excluding hydrogens is 410 g/mol. The topological polar surface area (TPSA) is 91.2 Å². The van der Waals surface area contributed by atoms with Crippen molar-refractivity contribution in [2.75, 3.05) is 0 Å². The molecule has 4 rings (SSSR count). The second kappa shape index (κ2) is 9.18. The summed E-state index contributed by atoms with van der Waals surface area (Å²) in [5.41, 5.74) is 3.45. The number of aliphatic imine (C=N–C) groups is 1. The van der Waals surface area contributed by atoms with Crippen molar-refractivity contribution in [2.45, 2.75) is 13.8 Å². The predicted molar refractivity (Wildman–Crippen MR) is 117 cm³/mol. The number of furan rings is 2. The molecule has 0 saturated carbocycles. The number of hydrogen-bond donors (Lipinski definition) is 0. The van der Waals surface area contributed by atoms with E-state index in [1.165, 1.54) is 30.7 Å². The van der Waals surface area contributed by atoms with Gasteiger partial charge in [-0.2, -0.15) is 0 Å². The van der Waals surface area contributed by atoms with Crippen LogP contribution in [0, 0.1) is 13.8 Å². The van der Waals surface area contributed by atoms with Crippen molar-refractivity contribution < 1.29 is 27.9 Å². The molecule has 4 aromatic rings. The monoisotopic (exact) mass is 429 g/mol. The van der Waals surface area contributed by atoms with Crippen molar-refractivity contribution >= 4 is 23.8 Å². The molecule has 2 heterocycles. The lowest BCUT2D eigenvalue weighted by Gasteiger charge is -2.09. The Labute approximate surface area is 183 Å². The quantitative estimate of drug-likeness (QED) is 0.222. The largest absolute Gasteiger partial charge is 0.457 e. The Hall–Kier alpha value is -4.39. The average Bonchev–Trinajstić information content (AvgIpc) is 3.49. The maximum atomic E-state index is 12.4. The lowest BCUT2D eigenvalue weighted by Crippen LogP contribution is -2.10. The number of rotatable bonds is 6. The Balaban J connectivity index is 1.63. The maximum Gasteiger partial charge on any atom is 0.379 e. The second-order valence-corrected chi connectivity index (χ2v) is 6.98. The molecule has 2 aromatic carbocycles. The van der Waals surface area contributed by atoms with Crippen LogP contribution in [-0.4, -0.2) is 18.2 Å². The molecule has 0 amide bonds. The highest BCUT2D eigenvalue weighted by Gasteiger charge is 2.17. The van der Waals surface area contributed by atoms with Gasteiger partial charge in [-0.15, -0.1) is 0 Å². The number of hydrogen-bond acceptors (Lipinski definition) is 7. The number of benzene rings is 2. The SMILES string of the molecule is Cc1ccc(N=Cc2ccc(OC(=O)c3ccco3)cc2OC(=O)c2ccco2)c(C)c1. The summed E-state index contributed by atoms with van der Waals surface area (Å²) in [6.45, 7) is 3.98. The third-order valence-corrected chi connectivity index (χ3v) is 4.54. The molecule has 32 heavy (non-hydrogen) atoms. The van der Waals surface area contributed by atoms with Crippen LogP contribution in [0.4, 0.5) is 5.69 Å². The van der Waals surface area contributed by atoms with Crippen LogP contribution in [0.3, 0.4) is 0 Å². The van der Waals surface area contributed by atoms with E-state index in [1.54, 1.807) is 30.5 Å². The number of carbonyl (C=O) groups excluding carboxylic acids is 2. The van der Waals surface area contributed by atoms with Gasteiger partial charge in [0.1, 0.15) is 11.5 Å². The number of nitrogens with zero attached hydrogens (tertiary/aromatic N) is 1. The lowest BCUT2D eigenvalue weighted by atomic mass is 10.1. The molecule has 2 aromatic heterocycles. The van der Waals surface area contributed by atoms with Crippen LogP contribution < -0.4 is 9.47 Å². The normalized spacial score (nSPS) is 10.9. The smallest absolute Gasteiger partial charge is 0.379 e. The molecule has 0 unspecified atom stereocenters. The molecule has 0 N–H and O–H groups in total. The van der Waals surface area contributed by atoms with Crippen LogP contribution in [-0.2, 0) is 0 Å². The summed E-state index contributed by atoms with van der Waals surface area (Å²) < 4.78 is 21.0. The van der Waals surface area contributed by atoms with Gasteiger partial charge in [0.25, 0.3) is 0 Å². The van der Waals surface area contributed by atoms with Gasteiger partial charge < -0.3 is 18.3 Å². The molecule has 0 aliphatic heterocycles. The Bertz CT molecular complexity index is 1270. The first-order valence-electron chi connectivity index (χ1n) is 9.76. The van der Waals surface area contributed by atoms with Gasteiger partial charge in [-0.05, 0) is 61.9 Å². The molecule has 7 heteroatoms. The van der Waals surface area contributed by atoms with Crippen molar-refractivity contribution in [2.24, 2.45) is 4.99 Å². The first-order valence-corrected chi connectivity index (χ1v) is 9.76. The minimum Gasteiger partial charge on any atom is -0.457 e. The lowest BCUT2D eigenvalue weighted by molar-refractivity contribution is 0.0698. The fourth-order valence-electron chi connectivity index (χ4n) is 2.96. The molecule has 7 nitrogen and oxygen atoms in total. The third kappa shape index (κ3) is 4.84.